The van der Waals surface area contributed by atoms with Crippen molar-refractivity contribution >= 4 is 5.91 Å². The van der Waals surface area contributed by atoms with E-state index in [1.54, 1.807) is 37.3 Å². The fourth-order valence-corrected chi connectivity index (χ4v) is 2.05. The first-order valence-electron chi connectivity index (χ1n) is 6.74. The van der Waals surface area contributed by atoms with Crippen molar-refractivity contribution in [2.45, 2.75) is 13.0 Å². The largest absolute Gasteiger partial charge is 0.508 e. The molecule has 0 atom stereocenters. The summed E-state index contributed by atoms with van der Waals surface area (Å²) in [6, 6.07) is 14.5. The van der Waals surface area contributed by atoms with Gasteiger partial charge in [-0.3, -0.25) is 4.79 Å². The molecule has 0 bridgehead atoms. The molecular formula is C17H19NO3. The number of phenols is 1. The lowest BCUT2D eigenvalue weighted by Gasteiger charge is -2.18. The second-order valence-electron chi connectivity index (χ2n) is 4.90. The van der Waals surface area contributed by atoms with Gasteiger partial charge in [-0.2, -0.15) is 0 Å². The first kappa shape index (κ1) is 14.9. The Balaban J connectivity index is 1.97. The number of rotatable bonds is 5. The zero-order valence-corrected chi connectivity index (χ0v) is 12.2. The molecule has 1 N–H and O–H groups in total. The predicted molar refractivity (Wildman–Crippen MR) is 81.3 cm³/mol. The summed E-state index contributed by atoms with van der Waals surface area (Å²) in [4.78, 5) is 13.8. The zero-order valence-electron chi connectivity index (χ0n) is 12.2. The zero-order chi connectivity index (χ0) is 15.2. The van der Waals surface area contributed by atoms with Gasteiger partial charge in [0.2, 0.25) is 5.91 Å². The molecule has 110 valence electrons. The van der Waals surface area contributed by atoms with Crippen molar-refractivity contribution in [3.8, 4) is 11.5 Å². The van der Waals surface area contributed by atoms with Crippen LogP contribution in [0.25, 0.3) is 0 Å². The van der Waals surface area contributed by atoms with Crippen LogP contribution in [0.3, 0.4) is 0 Å². The second kappa shape index (κ2) is 6.79. The maximum atomic E-state index is 12.2. The van der Waals surface area contributed by atoms with E-state index in [-0.39, 0.29) is 18.1 Å². The number of methoxy groups -OCH3 is 1. The maximum Gasteiger partial charge on any atom is 0.227 e. The highest BCUT2D eigenvalue weighted by Crippen LogP contribution is 2.17. The second-order valence-corrected chi connectivity index (χ2v) is 4.90. The van der Waals surface area contributed by atoms with Gasteiger partial charge in [-0.05, 0) is 23.8 Å². The Morgan fingerprint density at radius 2 is 1.81 bits per heavy atom. The summed E-state index contributed by atoms with van der Waals surface area (Å²) in [6.07, 6.45) is 0.194. The van der Waals surface area contributed by atoms with Gasteiger partial charge in [-0.1, -0.05) is 30.3 Å². The molecule has 4 nitrogen and oxygen atoms in total. The summed E-state index contributed by atoms with van der Waals surface area (Å²) in [5, 5.41) is 9.70. The smallest absolute Gasteiger partial charge is 0.227 e. The van der Waals surface area contributed by atoms with Crippen molar-refractivity contribution in [1.82, 2.24) is 4.90 Å². The molecule has 0 heterocycles. The number of ether oxygens (including phenoxy) is 1. The monoisotopic (exact) mass is 285 g/mol. The highest BCUT2D eigenvalue weighted by Gasteiger charge is 2.12. The summed E-state index contributed by atoms with van der Waals surface area (Å²) >= 11 is 0. The number of hydrogen-bond acceptors (Lipinski definition) is 3. The van der Waals surface area contributed by atoms with E-state index in [0.717, 1.165) is 11.3 Å². The molecule has 0 aliphatic carbocycles. The molecule has 0 aliphatic heterocycles. The summed E-state index contributed by atoms with van der Waals surface area (Å²) in [5.41, 5.74) is 1.67. The van der Waals surface area contributed by atoms with Crippen LogP contribution in [0.5, 0.6) is 11.5 Å². The van der Waals surface area contributed by atoms with Gasteiger partial charge in [0.15, 0.2) is 0 Å². The number of likely N-dealkylation sites (N-methyl/N-ethyl adjacent to an activating group) is 1. The Morgan fingerprint density at radius 3 is 2.43 bits per heavy atom. The molecule has 1 amide bonds. The molecule has 0 fully saturated rings. The van der Waals surface area contributed by atoms with Crippen LogP contribution in [0.15, 0.2) is 48.5 Å². The molecule has 0 saturated heterocycles. The van der Waals surface area contributed by atoms with E-state index >= 15 is 0 Å². The van der Waals surface area contributed by atoms with E-state index in [9.17, 15) is 9.90 Å². The molecule has 2 aromatic rings. The highest BCUT2D eigenvalue weighted by atomic mass is 16.5. The average Bonchev–Trinajstić information content (AvgIpc) is 2.50. The number of para-hydroxylation sites is 1. The Hall–Kier alpha value is -2.49. The van der Waals surface area contributed by atoms with Gasteiger partial charge in [0.1, 0.15) is 11.5 Å². The molecule has 0 radical (unpaired) electrons. The van der Waals surface area contributed by atoms with Crippen molar-refractivity contribution in [3.05, 3.63) is 59.7 Å². The lowest BCUT2D eigenvalue weighted by molar-refractivity contribution is -0.129. The Bertz CT molecular complexity index is 608. The highest BCUT2D eigenvalue weighted by molar-refractivity contribution is 5.79. The summed E-state index contributed by atoms with van der Waals surface area (Å²) in [6.45, 7) is 0.524. The standard InChI is InChI=1S/C17H19NO3/c1-18(12-13-7-9-15(21-2)10-8-13)17(20)11-14-5-3-4-6-16(14)19/h3-10,19H,11-12H2,1-2H3. The number of benzene rings is 2. The molecule has 2 aromatic carbocycles. The van der Waals surface area contributed by atoms with Crippen LogP contribution in [-0.4, -0.2) is 30.1 Å². The van der Waals surface area contributed by atoms with Crippen LogP contribution in [0.1, 0.15) is 11.1 Å². The normalized spacial score (nSPS) is 10.2. The molecule has 0 saturated carbocycles. The summed E-state index contributed by atoms with van der Waals surface area (Å²) in [5.74, 6) is 0.915. The Morgan fingerprint density at radius 1 is 1.14 bits per heavy atom. The van der Waals surface area contributed by atoms with Gasteiger partial charge in [0.25, 0.3) is 0 Å². The number of aromatic hydroxyl groups is 1. The molecule has 4 heteroatoms. The number of phenolic OH excluding ortho intramolecular Hbond substituents is 1. The van der Waals surface area contributed by atoms with E-state index in [4.69, 9.17) is 4.74 Å². The first-order chi connectivity index (χ1) is 10.1. The van der Waals surface area contributed by atoms with Crippen molar-refractivity contribution in [3.63, 3.8) is 0 Å². The van der Waals surface area contributed by atoms with E-state index < -0.39 is 0 Å². The van der Waals surface area contributed by atoms with Gasteiger partial charge in [0.05, 0.1) is 13.5 Å². The quantitative estimate of drug-likeness (QED) is 0.918. The van der Waals surface area contributed by atoms with E-state index in [1.807, 2.05) is 30.3 Å². The van der Waals surface area contributed by atoms with Crippen molar-refractivity contribution in [2.75, 3.05) is 14.2 Å². The minimum atomic E-state index is -0.0349. The number of carbonyl (C=O) groups is 1. The topological polar surface area (TPSA) is 49.8 Å². The minimum Gasteiger partial charge on any atom is -0.508 e. The maximum absolute atomic E-state index is 12.2. The van der Waals surface area contributed by atoms with E-state index in [0.29, 0.717) is 12.1 Å². The molecule has 2 rings (SSSR count). The molecule has 21 heavy (non-hydrogen) atoms. The van der Waals surface area contributed by atoms with Crippen molar-refractivity contribution < 1.29 is 14.6 Å². The van der Waals surface area contributed by atoms with Crippen LogP contribution < -0.4 is 4.74 Å². The van der Waals surface area contributed by atoms with Crippen LogP contribution in [0.2, 0.25) is 0 Å². The van der Waals surface area contributed by atoms with E-state index in [1.165, 1.54) is 0 Å². The predicted octanol–water partition coefficient (Wildman–Crippen LogP) is 2.60. The molecule has 0 aliphatic rings. The summed E-state index contributed by atoms with van der Waals surface area (Å²) < 4.78 is 5.11. The third-order valence-corrected chi connectivity index (χ3v) is 3.34. The van der Waals surface area contributed by atoms with Gasteiger partial charge >= 0.3 is 0 Å². The molecule has 0 spiro atoms. The Kier molecular flexibility index (Phi) is 4.82. The van der Waals surface area contributed by atoms with Crippen LogP contribution in [-0.2, 0) is 17.8 Å². The molecular weight excluding hydrogens is 266 g/mol. The lowest BCUT2D eigenvalue weighted by Crippen LogP contribution is -2.27. The van der Waals surface area contributed by atoms with Crippen LogP contribution in [0, 0.1) is 0 Å². The van der Waals surface area contributed by atoms with Gasteiger partial charge in [0, 0.05) is 19.2 Å². The Labute approximate surface area is 124 Å². The van der Waals surface area contributed by atoms with Crippen molar-refractivity contribution in [2.24, 2.45) is 0 Å². The minimum absolute atomic E-state index is 0.0349. The van der Waals surface area contributed by atoms with Crippen LogP contribution >= 0.6 is 0 Å². The molecule has 0 unspecified atom stereocenters. The third-order valence-electron chi connectivity index (χ3n) is 3.34. The third kappa shape index (κ3) is 3.99. The number of carbonyl (C=O) groups excluding carboxylic acids is 1. The number of nitrogens with zero attached hydrogens (tertiary/aromatic N) is 1. The van der Waals surface area contributed by atoms with Crippen molar-refractivity contribution in [1.29, 1.82) is 0 Å². The fraction of sp³-hybridized carbons (Fsp3) is 0.235. The number of hydrogen-bond donors (Lipinski definition) is 1. The molecule has 0 aromatic heterocycles. The van der Waals surface area contributed by atoms with Gasteiger partial charge in [-0.25, -0.2) is 0 Å². The summed E-state index contributed by atoms with van der Waals surface area (Å²) in [7, 11) is 3.38. The van der Waals surface area contributed by atoms with Gasteiger partial charge in [-0.15, -0.1) is 0 Å². The lowest BCUT2D eigenvalue weighted by atomic mass is 10.1. The SMILES string of the molecule is COc1ccc(CN(C)C(=O)Cc2ccccc2O)cc1. The van der Waals surface area contributed by atoms with Gasteiger partial charge < -0.3 is 14.7 Å². The fourth-order valence-electron chi connectivity index (χ4n) is 2.05. The van der Waals surface area contributed by atoms with E-state index in [2.05, 4.69) is 0 Å². The number of amides is 1. The van der Waals surface area contributed by atoms with Crippen LogP contribution in [0.4, 0.5) is 0 Å². The first-order valence-corrected chi connectivity index (χ1v) is 6.74. The average molecular weight is 285 g/mol.